The molecule has 0 saturated heterocycles. The molecule has 0 aliphatic carbocycles. The molecule has 2 aromatic rings. The minimum Gasteiger partial charge on any atom is -0.331 e. The Hall–Kier alpha value is -1.80. The van der Waals surface area contributed by atoms with E-state index in [0.29, 0.717) is 26.1 Å². The van der Waals surface area contributed by atoms with Crippen LogP contribution in [0.25, 0.3) is 0 Å². The zero-order chi connectivity index (χ0) is 23.1. The van der Waals surface area contributed by atoms with Crippen LogP contribution < -0.4 is 0 Å². The van der Waals surface area contributed by atoms with Crippen LogP contribution in [0.1, 0.15) is 49.7 Å². The summed E-state index contributed by atoms with van der Waals surface area (Å²) in [5, 5.41) is 0. The monoisotopic (exact) mass is 446 g/mol. The lowest BCUT2D eigenvalue weighted by atomic mass is 10.1. The highest BCUT2D eigenvalue weighted by molar-refractivity contribution is 5.14. The third-order valence-electron chi connectivity index (χ3n) is 5.56. The van der Waals surface area contributed by atoms with E-state index in [-0.39, 0.29) is 0 Å². The van der Waals surface area contributed by atoms with E-state index in [1.165, 1.54) is 0 Å². The van der Waals surface area contributed by atoms with Gasteiger partial charge in [-0.1, -0.05) is 73.5 Å². The van der Waals surface area contributed by atoms with Gasteiger partial charge in [0, 0.05) is 41.3 Å². The highest BCUT2D eigenvalue weighted by atomic mass is 16.9. The molecule has 2 aromatic carbocycles. The highest BCUT2D eigenvalue weighted by Crippen LogP contribution is 2.26. The van der Waals surface area contributed by atoms with E-state index in [1.54, 1.807) is 28.4 Å². The van der Waals surface area contributed by atoms with E-state index in [0.717, 1.165) is 36.8 Å². The summed E-state index contributed by atoms with van der Waals surface area (Å²) in [6.07, 6.45) is 5.13. The number of hydrogen-bond acceptors (Lipinski definition) is 6. The number of rotatable bonds is 17. The summed E-state index contributed by atoms with van der Waals surface area (Å²) in [5.41, 5.74) is 2.16. The smallest absolute Gasteiger partial charge is 0.282 e. The van der Waals surface area contributed by atoms with E-state index < -0.39 is 11.9 Å². The van der Waals surface area contributed by atoms with Gasteiger partial charge in [0.15, 0.2) is 0 Å². The zero-order valence-corrected chi connectivity index (χ0v) is 19.9. The quantitative estimate of drug-likeness (QED) is 0.231. The van der Waals surface area contributed by atoms with Gasteiger partial charge in [0.05, 0.1) is 13.2 Å². The lowest BCUT2D eigenvalue weighted by Gasteiger charge is -2.31. The summed E-state index contributed by atoms with van der Waals surface area (Å²) in [6, 6.07) is 20.0. The van der Waals surface area contributed by atoms with Gasteiger partial charge in [-0.05, 0) is 24.0 Å². The van der Waals surface area contributed by atoms with Gasteiger partial charge in [0.25, 0.3) is 11.9 Å². The zero-order valence-electron chi connectivity index (χ0n) is 19.9. The summed E-state index contributed by atoms with van der Waals surface area (Å²) in [6.45, 7) is 0.872. The van der Waals surface area contributed by atoms with Gasteiger partial charge in [-0.15, -0.1) is 0 Å². The van der Waals surface area contributed by atoms with Gasteiger partial charge in [-0.3, -0.25) is 0 Å². The molecule has 0 saturated carbocycles. The lowest BCUT2D eigenvalue weighted by Crippen LogP contribution is -2.37. The normalized spacial score (nSPS) is 12.2. The molecule has 6 nitrogen and oxygen atoms in total. The van der Waals surface area contributed by atoms with Gasteiger partial charge in [-0.25, -0.2) is 0 Å². The summed E-state index contributed by atoms with van der Waals surface area (Å²) in [5.74, 6) is -2.06. The van der Waals surface area contributed by atoms with Crippen molar-refractivity contribution >= 4 is 0 Å². The first-order valence-corrected chi connectivity index (χ1v) is 11.2. The van der Waals surface area contributed by atoms with Gasteiger partial charge >= 0.3 is 0 Å². The predicted octanol–water partition coefficient (Wildman–Crippen LogP) is 5.65. The number of unbranched alkanes of at least 4 members (excludes halogenated alkanes) is 3. The molecular weight excluding hydrogens is 408 g/mol. The summed E-state index contributed by atoms with van der Waals surface area (Å²) < 4.78 is 34.3. The molecule has 0 aliphatic heterocycles. The maximum Gasteiger partial charge on any atom is 0.282 e. The summed E-state index contributed by atoms with van der Waals surface area (Å²) >= 11 is 0. The molecule has 32 heavy (non-hydrogen) atoms. The van der Waals surface area contributed by atoms with E-state index >= 15 is 0 Å². The van der Waals surface area contributed by atoms with E-state index in [4.69, 9.17) is 28.4 Å². The van der Waals surface area contributed by atoms with Crippen molar-refractivity contribution in [3.63, 3.8) is 0 Å². The van der Waals surface area contributed by atoms with Gasteiger partial charge in [0.1, 0.15) is 0 Å². The van der Waals surface area contributed by atoms with E-state index in [1.807, 2.05) is 60.7 Å². The van der Waals surface area contributed by atoms with Crippen LogP contribution in [-0.2, 0) is 41.6 Å². The molecule has 0 unspecified atom stereocenters. The van der Waals surface area contributed by atoms with Crippen LogP contribution in [0, 0.1) is 0 Å². The summed E-state index contributed by atoms with van der Waals surface area (Å²) in [4.78, 5) is 0. The second-order valence-corrected chi connectivity index (χ2v) is 7.65. The largest absolute Gasteiger partial charge is 0.331 e. The Morgan fingerprint density at radius 2 is 0.844 bits per heavy atom. The molecule has 0 N–H and O–H groups in total. The van der Waals surface area contributed by atoms with Crippen molar-refractivity contribution in [1.29, 1.82) is 0 Å². The Morgan fingerprint density at radius 1 is 0.500 bits per heavy atom. The highest BCUT2D eigenvalue weighted by Gasteiger charge is 2.32. The number of methoxy groups -OCH3 is 4. The van der Waals surface area contributed by atoms with E-state index in [2.05, 4.69) is 0 Å². The van der Waals surface area contributed by atoms with Crippen LogP contribution in [0.3, 0.4) is 0 Å². The van der Waals surface area contributed by atoms with Crippen molar-refractivity contribution in [2.24, 2.45) is 0 Å². The van der Waals surface area contributed by atoms with Gasteiger partial charge in [0.2, 0.25) is 0 Å². The van der Waals surface area contributed by atoms with Crippen molar-refractivity contribution < 1.29 is 28.4 Å². The average molecular weight is 447 g/mol. The number of hydrogen-bond donors (Lipinski definition) is 0. The molecule has 0 aromatic heterocycles. The standard InChI is InChI=1S/C26H38O6/c1-27-25(28-2,31-21-23-15-9-7-10-16-23)19-13-5-6-14-20-26(29-3,30-4)32-22-24-17-11-8-12-18-24/h7-12,15-18H,5-6,13-14,19-22H2,1-4H3. The van der Waals surface area contributed by atoms with Crippen LogP contribution in [0.15, 0.2) is 60.7 Å². The topological polar surface area (TPSA) is 55.4 Å². The SMILES string of the molecule is COC(CCCCCCC(OC)(OC)OCc1ccccc1)(OC)OCc1ccccc1. The molecule has 0 aliphatic rings. The fourth-order valence-corrected chi connectivity index (χ4v) is 3.53. The maximum atomic E-state index is 5.98. The lowest BCUT2D eigenvalue weighted by molar-refractivity contribution is -0.371. The van der Waals surface area contributed by atoms with Crippen molar-refractivity contribution in [1.82, 2.24) is 0 Å². The molecule has 2 rings (SSSR count). The Labute approximate surface area is 192 Å². The second kappa shape index (κ2) is 14.4. The van der Waals surface area contributed by atoms with Crippen molar-refractivity contribution in [2.75, 3.05) is 28.4 Å². The van der Waals surface area contributed by atoms with Gasteiger partial charge < -0.3 is 28.4 Å². The van der Waals surface area contributed by atoms with Crippen LogP contribution in [0.2, 0.25) is 0 Å². The number of ether oxygens (including phenoxy) is 6. The van der Waals surface area contributed by atoms with Crippen molar-refractivity contribution in [3.8, 4) is 0 Å². The Kier molecular flexibility index (Phi) is 11.9. The third-order valence-corrected chi connectivity index (χ3v) is 5.56. The summed E-state index contributed by atoms with van der Waals surface area (Å²) in [7, 11) is 6.46. The van der Waals surface area contributed by atoms with Crippen LogP contribution in [0.4, 0.5) is 0 Å². The minimum absolute atomic E-state index is 0.436. The predicted molar refractivity (Wildman–Crippen MR) is 124 cm³/mol. The second-order valence-electron chi connectivity index (χ2n) is 7.65. The molecule has 0 fully saturated rings. The molecule has 0 atom stereocenters. The fourth-order valence-electron chi connectivity index (χ4n) is 3.53. The fraction of sp³-hybridized carbons (Fsp3) is 0.538. The third kappa shape index (κ3) is 8.62. The molecule has 0 spiro atoms. The van der Waals surface area contributed by atoms with E-state index in [9.17, 15) is 0 Å². The first-order valence-electron chi connectivity index (χ1n) is 11.2. The first-order chi connectivity index (χ1) is 15.6. The molecule has 0 heterocycles. The van der Waals surface area contributed by atoms with Crippen LogP contribution in [-0.4, -0.2) is 40.4 Å². The average Bonchev–Trinajstić information content (AvgIpc) is 2.87. The molecule has 0 radical (unpaired) electrons. The number of benzene rings is 2. The Balaban J connectivity index is 1.72. The molecule has 6 heteroatoms. The minimum atomic E-state index is -1.03. The molecule has 0 bridgehead atoms. The van der Waals surface area contributed by atoms with Crippen LogP contribution >= 0.6 is 0 Å². The van der Waals surface area contributed by atoms with Crippen molar-refractivity contribution in [2.45, 2.75) is 63.7 Å². The molecule has 0 amide bonds. The first kappa shape index (κ1) is 26.5. The molecule has 178 valence electrons. The molecular formula is C26H38O6. The Morgan fingerprint density at radius 3 is 1.16 bits per heavy atom. The maximum absolute atomic E-state index is 5.98. The van der Waals surface area contributed by atoms with Gasteiger partial charge in [-0.2, -0.15) is 0 Å². The van der Waals surface area contributed by atoms with Crippen molar-refractivity contribution in [3.05, 3.63) is 71.8 Å². The Bertz CT molecular complexity index is 650. The van der Waals surface area contributed by atoms with Crippen LogP contribution in [0.5, 0.6) is 0 Å².